The van der Waals surface area contributed by atoms with Crippen molar-refractivity contribution in [1.29, 1.82) is 0 Å². The number of hydrogen-bond acceptors (Lipinski definition) is 5. The van der Waals surface area contributed by atoms with E-state index in [-0.39, 0.29) is 18.5 Å². The fourth-order valence-corrected chi connectivity index (χ4v) is 11.1. The number of nitrogens with one attached hydrogen (secondary N) is 1. The lowest BCUT2D eigenvalue weighted by Gasteiger charge is -2.20. The molecule has 0 aromatic carbocycles. The van der Waals surface area contributed by atoms with Gasteiger partial charge in [0.2, 0.25) is 5.91 Å². The molecule has 2 unspecified atom stereocenters. The summed E-state index contributed by atoms with van der Waals surface area (Å²) in [6.45, 7) is 4.90. The first-order valence-corrected chi connectivity index (χ1v) is 35.8. The summed E-state index contributed by atoms with van der Waals surface area (Å²) >= 11 is 0. The maximum Gasteiger partial charge on any atom is 0.305 e. The fourth-order valence-electron chi connectivity index (χ4n) is 11.1. The van der Waals surface area contributed by atoms with Gasteiger partial charge in [0, 0.05) is 12.8 Å². The highest BCUT2D eigenvalue weighted by Gasteiger charge is 2.18. The second-order valence-electron chi connectivity index (χ2n) is 24.6. The summed E-state index contributed by atoms with van der Waals surface area (Å²) in [5, 5.41) is 23.3. The zero-order valence-electron chi connectivity index (χ0n) is 53.4. The van der Waals surface area contributed by atoms with Crippen LogP contribution in [0.2, 0.25) is 0 Å². The lowest BCUT2D eigenvalue weighted by Crippen LogP contribution is -2.45. The molecule has 2 atom stereocenters. The van der Waals surface area contributed by atoms with Gasteiger partial charge in [-0.15, -0.1) is 0 Å². The average molecular weight is 1110 g/mol. The van der Waals surface area contributed by atoms with E-state index in [1.165, 1.54) is 321 Å². The van der Waals surface area contributed by atoms with Crippen LogP contribution in [0.5, 0.6) is 0 Å². The molecule has 6 nitrogen and oxygen atoms in total. The first-order chi connectivity index (χ1) is 39.0. The molecule has 0 spiro atoms. The molecule has 0 rings (SSSR count). The molecule has 0 saturated carbocycles. The number of ether oxygens (including phenoxy) is 1. The van der Waals surface area contributed by atoms with Gasteiger partial charge in [0.25, 0.3) is 0 Å². The van der Waals surface area contributed by atoms with Gasteiger partial charge in [-0.3, -0.25) is 9.59 Å². The summed E-state index contributed by atoms with van der Waals surface area (Å²) in [6.07, 6.45) is 88.0. The van der Waals surface area contributed by atoms with Crippen molar-refractivity contribution in [1.82, 2.24) is 5.32 Å². The summed E-state index contributed by atoms with van der Waals surface area (Å²) in [4.78, 5) is 24.5. The number of allylic oxidation sites excluding steroid dienone is 5. The van der Waals surface area contributed by atoms with E-state index >= 15 is 0 Å². The maximum absolute atomic E-state index is 12.5. The predicted molar refractivity (Wildman–Crippen MR) is 347 cm³/mol. The van der Waals surface area contributed by atoms with Gasteiger partial charge in [-0.2, -0.15) is 0 Å². The minimum Gasteiger partial charge on any atom is -0.466 e. The molecule has 0 aliphatic rings. The molecule has 6 heteroatoms. The van der Waals surface area contributed by atoms with Crippen LogP contribution >= 0.6 is 0 Å². The highest BCUT2D eigenvalue weighted by Crippen LogP contribution is 2.18. The third-order valence-corrected chi connectivity index (χ3v) is 16.6. The van der Waals surface area contributed by atoms with E-state index in [4.69, 9.17) is 4.74 Å². The monoisotopic (exact) mass is 1110 g/mol. The van der Waals surface area contributed by atoms with Crippen molar-refractivity contribution in [2.45, 2.75) is 405 Å². The van der Waals surface area contributed by atoms with Crippen LogP contribution < -0.4 is 5.32 Å². The van der Waals surface area contributed by atoms with Crippen LogP contribution in [-0.2, 0) is 14.3 Å². The molecule has 0 fully saturated rings. The van der Waals surface area contributed by atoms with E-state index < -0.39 is 12.1 Å². The number of unbranched alkanes of at least 4 members (excludes halogenated alkanes) is 52. The second kappa shape index (κ2) is 68.6. The van der Waals surface area contributed by atoms with E-state index in [1.807, 2.05) is 6.08 Å². The molecule has 0 aliphatic heterocycles. The Morgan fingerprint density at radius 1 is 0.342 bits per heavy atom. The number of amides is 1. The molecule has 3 N–H and O–H groups in total. The Kier molecular flexibility index (Phi) is 66.9. The number of rotatable bonds is 67. The van der Waals surface area contributed by atoms with Gasteiger partial charge in [-0.25, -0.2) is 0 Å². The summed E-state index contributed by atoms with van der Waals surface area (Å²) < 4.78 is 5.46. The van der Waals surface area contributed by atoms with Crippen molar-refractivity contribution < 1.29 is 24.5 Å². The first-order valence-electron chi connectivity index (χ1n) is 35.8. The molecule has 79 heavy (non-hydrogen) atoms. The number of carbonyl (C=O) groups is 2. The van der Waals surface area contributed by atoms with Crippen LogP contribution in [0.1, 0.15) is 393 Å². The normalized spacial score (nSPS) is 12.7. The van der Waals surface area contributed by atoms with Gasteiger partial charge >= 0.3 is 5.97 Å². The molecule has 1 amide bonds. The van der Waals surface area contributed by atoms with E-state index in [9.17, 15) is 19.8 Å². The molecule has 0 radical (unpaired) electrons. The summed E-state index contributed by atoms with van der Waals surface area (Å²) in [5.74, 6) is -0.0592. The first kappa shape index (κ1) is 77.1. The lowest BCUT2D eigenvalue weighted by atomic mass is 10.0. The Balaban J connectivity index is 3.41. The Morgan fingerprint density at radius 2 is 0.608 bits per heavy atom. The number of esters is 1. The van der Waals surface area contributed by atoms with Crippen LogP contribution in [0.3, 0.4) is 0 Å². The zero-order valence-corrected chi connectivity index (χ0v) is 53.4. The van der Waals surface area contributed by atoms with Gasteiger partial charge in [0.1, 0.15) is 0 Å². The molecule has 0 saturated heterocycles. The van der Waals surface area contributed by atoms with E-state index in [0.29, 0.717) is 19.4 Å². The van der Waals surface area contributed by atoms with Gasteiger partial charge in [-0.05, 0) is 77.0 Å². The van der Waals surface area contributed by atoms with Gasteiger partial charge in [0.15, 0.2) is 0 Å². The minimum absolute atomic E-state index is 0.00470. The molecule has 0 aliphatic carbocycles. The highest BCUT2D eigenvalue weighted by molar-refractivity contribution is 5.76. The second-order valence-corrected chi connectivity index (χ2v) is 24.6. The van der Waals surface area contributed by atoms with Crippen molar-refractivity contribution in [3.63, 3.8) is 0 Å². The molecule has 0 bridgehead atoms. The average Bonchev–Trinajstić information content (AvgIpc) is 3.45. The third-order valence-electron chi connectivity index (χ3n) is 16.6. The number of carbonyl (C=O) groups excluding carboxylic acids is 2. The van der Waals surface area contributed by atoms with Crippen LogP contribution in [-0.4, -0.2) is 47.4 Å². The molecule has 0 aromatic rings. The zero-order chi connectivity index (χ0) is 57.1. The van der Waals surface area contributed by atoms with Crippen molar-refractivity contribution in [3.05, 3.63) is 36.5 Å². The Hall–Kier alpha value is -1.92. The van der Waals surface area contributed by atoms with Crippen molar-refractivity contribution in [2.75, 3.05) is 13.2 Å². The topological polar surface area (TPSA) is 95.9 Å². The van der Waals surface area contributed by atoms with Gasteiger partial charge in [-0.1, -0.05) is 339 Å². The quantitative estimate of drug-likeness (QED) is 0.0320. The van der Waals surface area contributed by atoms with Gasteiger partial charge in [0.05, 0.1) is 25.4 Å². The van der Waals surface area contributed by atoms with Crippen LogP contribution in [0, 0.1) is 0 Å². The maximum atomic E-state index is 12.5. The summed E-state index contributed by atoms with van der Waals surface area (Å²) in [5.41, 5.74) is 0. The van der Waals surface area contributed by atoms with Crippen molar-refractivity contribution >= 4 is 11.9 Å². The fraction of sp³-hybridized carbons (Fsp3) is 0.890. The molecule has 466 valence electrons. The lowest BCUT2D eigenvalue weighted by molar-refractivity contribution is -0.143. The highest BCUT2D eigenvalue weighted by atomic mass is 16.5. The number of aliphatic hydroxyl groups is 2. The standard InChI is InChI=1S/C73H139NO5/c1-3-5-7-9-11-13-15-16-17-18-19-20-27-30-33-36-39-42-46-49-53-57-61-65-71(76)70(69-75)74-72(77)66-62-58-54-50-47-43-40-37-34-31-28-25-23-21-22-24-26-29-32-35-38-41-44-48-52-56-60-64-68-79-73(78)67-63-59-55-51-45-14-12-10-8-6-4-2/h10,12,21-22,61,65,70-71,75-76H,3-9,11,13-20,23-60,62-64,66-69H2,1-2H3,(H,74,77)/b12-10-,22-21-,65-61+. The SMILES string of the molecule is CCCC/C=C\CCCCCCCC(=O)OCCCCCCCCCCCCCC/C=C\CCCCCCCCCCCCCCC(=O)NC(CO)C(O)/C=C/CCCCCCCCCCCCCCCCCCCCCCC. The Morgan fingerprint density at radius 3 is 0.937 bits per heavy atom. The van der Waals surface area contributed by atoms with Crippen molar-refractivity contribution in [3.8, 4) is 0 Å². The third kappa shape index (κ3) is 65.1. The Bertz CT molecular complexity index is 1280. The number of hydrogen-bond donors (Lipinski definition) is 3. The van der Waals surface area contributed by atoms with E-state index in [0.717, 1.165) is 44.9 Å². The van der Waals surface area contributed by atoms with E-state index in [1.54, 1.807) is 6.08 Å². The molecular formula is C73H139NO5. The molecular weight excluding hydrogens is 971 g/mol. The smallest absolute Gasteiger partial charge is 0.305 e. The van der Waals surface area contributed by atoms with E-state index in [2.05, 4.69) is 43.5 Å². The van der Waals surface area contributed by atoms with Crippen molar-refractivity contribution in [2.24, 2.45) is 0 Å². The largest absolute Gasteiger partial charge is 0.466 e. The van der Waals surface area contributed by atoms with Crippen LogP contribution in [0.15, 0.2) is 36.5 Å². The molecule has 0 heterocycles. The van der Waals surface area contributed by atoms with Crippen LogP contribution in [0.25, 0.3) is 0 Å². The molecule has 0 aromatic heterocycles. The van der Waals surface area contributed by atoms with Gasteiger partial charge < -0.3 is 20.3 Å². The van der Waals surface area contributed by atoms with Crippen LogP contribution in [0.4, 0.5) is 0 Å². The number of aliphatic hydroxyl groups excluding tert-OH is 2. The Labute approximate surface area is 494 Å². The summed E-state index contributed by atoms with van der Waals surface area (Å²) in [7, 11) is 0. The minimum atomic E-state index is -0.846. The summed E-state index contributed by atoms with van der Waals surface area (Å²) in [6, 6.07) is -0.629. The predicted octanol–water partition coefficient (Wildman–Crippen LogP) is 23.1.